The van der Waals surface area contributed by atoms with Crippen molar-refractivity contribution in [2.75, 3.05) is 0 Å². The number of alkyl carbamates (subject to hydrolysis) is 1. The third kappa shape index (κ3) is 4.80. The van der Waals surface area contributed by atoms with E-state index < -0.39 is 12.1 Å². The molecule has 1 aliphatic rings. The van der Waals surface area contributed by atoms with Crippen molar-refractivity contribution >= 4 is 17.4 Å². The lowest BCUT2D eigenvalue weighted by Crippen LogP contribution is -2.40. The molecule has 1 N–H and O–H groups in total. The normalized spacial score (nSPS) is 17.4. The first-order valence-electron chi connectivity index (χ1n) is 8.47. The van der Waals surface area contributed by atoms with Gasteiger partial charge in [-0.15, -0.1) is 0 Å². The monoisotopic (exact) mass is 335 g/mol. The van der Waals surface area contributed by atoms with Gasteiger partial charge in [0, 0.05) is 6.42 Å². The average molecular weight is 335 g/mol. The molecule has 0 unspecified atom stereocenters. The first kappa shape index (κ1) is 17.0. The molecule has 1 aliphatic carbocycles. The standard InChI is InChI=1S/C21H21NO3/c23-20-14-12-18(17-9-5-2-6-10-17)11-13-19(20)22-21(24)25-15-16-7-3-1-4-8-16/h1-11,19H,12-15H2,(H,22,24)/t19-/m1/s1. The number of hydrogen-bond acceptors (Lipinski definition) is 3. The highest BCUT2D eigenvalue weighted by Gasteiger charge is 2.23. The van der Waals surface area contributed by atoms with Crippen LogP contribution in [0.1, 0.15) is 30.4 Å². The fourth-order valence-electron chi connectivity index (χ4n) is 2.89. The van der Waals surface area contributed by atoms with Gasteiger partial charge in [-0.3, -0.25) is 4.79 Å². The summed E-state index contributed by atoms with van der Waals surface area (Å²) in [5, 5.41) is 2.70. The Morgan fingerprint density at radius 3 is 2.40 bits per heavy atom. The number of allylic oxidation sites excluding steroid dienone is 1. The Morgan fingerprint density at radius 1 is 1.00 bits per heavy atom. The van der Waals surface area contributed by atoms with Gasteiger partial charge in [-0.05, 0) is 29.5 Å². The Morgan fingerprint density at radius 2 is 1.68 bits per heavy atom. The molecule has 1 atom stereocenters. The fraction of sp³-hybridized carbons (Fsp3) is 0.238. The summed E-state index contributed by atoms with van der Waals surface area (Å²) in [5.41, 5.74) is 3.19. The molecule has 4 nitrogen and oxygen atoms in total. The van der Waals surface area contributed by atoms with E-state index in [0.717, 1.165) is 16.7 Å². The van der Waals surface area contributed by atoms with Crippen molar-refractivity contribution < 1.29 is 14.3 Å². The van der Waals surface area contributed by atoms with E-state index in [0.29, 0.717) is 19.3 Å². The smallest absolute Gasteiger partial charge is 0.408 e. The minimum atomic E-state index is -0.557. The van der Waals surface area contributed by atoms with Gasteiger partial charge >= 0.3 is 6.09 Å². The van der Waals surface area contributed by atoms with Gasteiger partial charge in [0.25, 0.3) is 0 Å². The lowest BCUT2D eigenvalue weighted by molar-refractivity contribution is -0.120. The second kappa shape index (κ2) is 8.29. The summed E-state index contributed by atoms with van der Waals surface area (Å²) in [6.45, 7) is 0.193. The lowest BCUT2D eigenvalue weighted by atomic mass is 10.0. The Kier molecular flexibility index (Phi) is 5.62. The topological polar surface area (TPSA) is 55.4 Å². The molecule has 0 saturated heterocycles. The Bertz CT molecular complexity index is 753. The maximum Gasteiger partial charge on any atom is 0.408 e. The minimum Gasteiger partial charge on any atom is -0.445 e. The van der Waals surface area contributed by atoms with Crippen LogP contribution in [0.2, 0.25) is 0 Å². The van der Waals surface area contributed by atoms with Crippen molar-refractivity contribution in [1.82, 2.24) is 5.32 Å². The van der Waals surface area contributed by atoms with Gasteiger partial charge in [0.15, 0.2) is 5.78 Å². The van der Waals surface area contributed by atoms with Crippen LogP contribution in [-0.2, 0) is 16.1 Å². The van der Waals surface area contributed by atoms with E-state index in [1.54, 1.807) is 0 Å². The zero-order valence-corrected chi connectivity index (χ0v) is 14.0. The largest absolute Gasteiger partial charge is 0.445 e. The van der Waals surface area contributed by atoms with Gasteiger partial charge in [0.1, 0.15) is 6.61 Å². The van der Waals surface area contributed by atoms with Gasteiger partial charge in [-0.25, -0.2) is 4.79 Å². The molecule has 25 heavy (non-hydrogen) atoms. The number of rotatable bonds is 4. The van der Waals surface area contributed by atoms with Crippen LogP contribution in [0.5, 0.6) is 0 Å². The predicted octanol–water partition coefficient (Wildman–Crippen LogP) is 4.12. The molecular formula is C21H21NO3. The van der Waals surface area contributed by atoms with Crippen LogP contribution in [0, 0.1) is 0 Å². The maximum absolute atomic E-state index is 12.3. The van der Waals surface area contributed by atoms with Crippen LogP contribution in [0.3, 0.4) is 0 Å². The van der Waals surface area contributed by atoms with Crippen LogP contribution in [-0.4, -0.2) is 17.9 Å². The SMILES string of the molecule is O=C(N[C@@H]1CC=C(c2ccccc2)CCC1=O)OCc1ccccc1. The molecule has 2 aromatic carbocycles. The number of hydrogen-bond donors (Lipinski definition) is 1. The van der Waals surface area contributed by atoms with Gasteiger partial charge < -0.3 is 10.1 Å². The summed E-state index contributed by atoms with van der Waals surface area (Å²) in [5.74, 6) is 0.0406. The van der Waals surface area contributed by atoms with Gasteiger partial charge in [0.05, 0.1) is 6.04 Å². The molecule has 0 heterocycles. The van der Waals surface area contributed by atoms with Crippen LogP contribution >= 0.6 is 0 Å². The third-order valence-electron chi connectivity index (χ3n) is 4.28. The lowest BCUT2D eigenvalue weighted by Gasteiger charge is -2.14. The number of nitrogens with one attached hydrogen (secondary N) is 1. The number of carbonyl (C=O) groups excluding carboxylic acids is 2. The molecule has 2 aromatic rings. The molecule has 0 radical (unpaired) electrons. The van der Waals surface area contributed by atoms with Crippen LogP contribution in [0.4, 0.5) is 4.79 Å². The Hall–Kier alpha value is -2.88. The molecule has 1 amide bonds. The number of Topliss-reactive ketones (excluding diaryl/α,β-unsaturated/α-hetero) is 1. The van der Waals surface area contributed by atoms with E-state index in [-0.39, 0.29) is 12.4 Å². The van der Waals surface area contributed by atoms with Crippen LogP contribution < -0.4 is 5.32 Å². The minimum absolute atomic E-state index is 0.0406. The van der Waals surface area contributed by atoms with Gasteiger partial charge in [0.2, 0.25) is 0 Å². The van der Waals surface area contributed by atoms with Gasteiger partial charge in [-0.1, -0.05) is 66.7 Å². The molecular weight excluding hydrogens is 314 g/mol. The average Bonchev–Trinajstić information content (AvgIpc) is 2.84. The molecule has 4 heteroatoms. The quantitative estimate of drug-likeness (QED) is 0.914. The summed E-state index contributed by atoms with van der Waals surface area (Å²) in [4.78, 5) is 24.3. The highest BCUT2D eigenvalue weighted by atomic mass is 16.5. The van der Waals surface area contributed by atoms with Crippen molar-refractivity contribution in [3.8, 4) is 0 Å². The summed E-state index contributed by atoms with van der Waals surface area (Å²) in [7, 11) is 0. The molecule has 128 valence electrons. The highest BCUT2D eigenvalue weighted by Crippen LogP contribution is 2.24. The summed E-state index contributed by atoms with van der Waals surface area (Å²) >= 11 is 0. The summed E-state index contributed by atoms with van der Waals surface area (Å²) < 4.78 is 5.21. The van der Waals surface area contributed by atoms with Crippen LogP contribution in [0.25, 0.3) is 5.57 Å². The number of carbonyl (C=O) groups is 2. The predicted molar refractivity (Wildman–Crippen MR) is 96.8 cm³/mol. The van der Waals surface area contributed by atoms with Crippen LogP contribution in [0.15, 0.2) is 66.7 Å². The summed E-state index contributed by atoms with van der Waals surface area (Å²) in [6.07, 6.45) is 3.09. The van der Waals surface area contributed by atoms with E-state index in [1.165, 1.54) is 0 Å². The number of ether oxygens (including phenoxy) is 1. The van der Waals surface area contributed by atoms with E-state index in [4.69, 9.17) is 4.74 Å². The zero-order valence-electron chi connectivity index (χ0n) is 14.0. The second-order valence-electron chi connectivity index (χ2n) is 6.06. The fourth-order valence-corrected chi connectivity index (χ4v) is 2.89. The molecule has 0 fully saturated rings. The number of amides is 1. The van der Waals surface area contributed by atoms with Crippen molar-refractivity contribution in [2.24, 2.45) is 0 Å². The molecule has 3 rings (SSSR count). The highest BCUT2D eigenvalue weighted by molar-refractivity contribution is 5.90. The van der Waals surface area contributed by atoms with Crippen molar-refractivity contribution in [2.45, 2.75) is 31.9 Å². The Labute approximate surface area is 147 Å². The van der Waals surface area contributed by atoms with Crippen molar-refractivity contribution in [3.63, 3.8) is 0 Å². The van der Waals surface area contributed by atoms with E-state index in [9.17, 15) is 9.59 Å². The number of benzene rings is 2. The van der Waals surface area contributed by atoms with Crippen molar-refractivity contribution in [1.29, 1.82) is 0 Å². The Balaban J connectivity index is 1.57. The second-order valence-corrected chi connectivity index (χ2v) is 6.06. The molecule has 0 bridgehead atoms. The van der Waals surface area contributed by atoms with E-state index in [1.807, 2.05) is 66.7 Å². The molecule has 0 aromatic heterocycles. The van der Waals surface area contributed by atoms with E-state index in [2.05, 4.69) is 5.32 Å². The van der Waals surface area contributed by atoms with E-state index >= 15 is 0 Å². The summed E-state index contributed by atoms with van der Waals surface area (Å²) in [6, 6.07) is 19.0. The zero-order chi connectivity index (χ0) is 17.5. The maximum atomic E-state index is 12.3. The first-order chi connectivity index (χ1) is 12.2. The first-order valence-corrected chi connectivity index (χ1v) is 8.47. The molecule has 0 spiro atoms. The molecule has 0 saturated carbocycles. The number of ketones is 1. The molecule has 0 aliphatic heterocycles. The third-order valence-corrected chi connectivity index (χ3v) is 4.28. The van der Waals surface area contributed by atoms with Gasteiger partial charge in [-0.2, -0.15) is 0 Å². The van der Waals surface area contributed by atoms with Crippen molar-refractivity contribution in [3.05, 3.63) is 77.9 Å².